The van der Waals surface area contributed by atoms with Crippen molar-refractivity contribution < 1.29 is 4.74 Å². The molecule has 3 heteroatoms. The van der Waals surface area contributed by atoms with E-state index in [0.717, 1.165) is 18.9 Å². The van der Waals surface area contributed by atoms with Crippen molar-refractivity contribution in [3.63, 3.8) is 0 Å². The lowest BCUT2D eigenvalue weighted by atomic mass is 10.3. The molecule has 0 heterocycles. The number of benzene rings is 1. The van der Waals surface area contributed by atoms with Crippen LogP contribution in [0.2, 0.25) is 0 Å². The first-order chi connectivity index (χ1) is 7.78. The zero-order valence-electron chi connectivity index (χ0n) is 9.95. The van der Waals surface area contributed by atoms with Crippen LogP contribution >= 0.6 is 11.8 Å². The molecule has 0 spiro atoms. The highest BCUT2D eigenvalue weighted by Crippen LogP contribution is 2.51. The Hall–Kier alpha value is -0.670. The maximum atomic E-state index is 5.43. The largest absolute Gasteiger partial charge is 0.494 e. The second kappa shape index (κ2) is 5.11. The van der Waals surface area contributed by atoms with Crippen LogP contribution in [0, 0.1) is 0 Å². The van der Waals surface area contributed by atoms with Crippen molar-refractivity contribution in [2.45, 2.75) is 29.4 Å². The summed E-state index contributed by atoms with van der Waals surface area (Å²) >= 11 is 1.99. The molecule has 0 bridgehead atoms. The Bertz CT molecular complexity index is 332. The molecule has 1 aliphatic rings. The van der Waals surface area contributed by atoms with Crippen LogP contribution in [-0.2, 0) is 0 Å². The van der Waals surface area contributed by atoms with Crippen LogP contribution in [0.25, 0.3) is 0 Å². The van der Waals surface area contributed by atoms with Crippen molar-refractivity contribution in [1.82, 2.24) is 5.32 Å². The van der Waals surface area contributed by atoms with Crippen LogP contribution in [0.5, 0.6) is 5.75 Å². The van der Waals surface area contributed by atoms with Crippen molar-refractivity contribution >= 4 is 11.8 Å². The van der Waals surface area contributed by atoms with E-state index in [1.807, 2.05) is 25.7 Å². The normalized spacial score (nSPS) is 17.1. The summed E-state index contributed by atoms with van der Waals surface area (Å²) < 4.78 is 5.89. The molecule has 16 heavy (non-hydrogen) atoms. The summed E-state index contributed by atoms with van der Waals surface area (Å²) in [6, 6.07) is 8.43. The smallest absolute Gasteiger partial charge is 0.119 e. The monoisotopic (exact) mass is 237 g/mol. The predicted molar refractivity (Wildman–Crippen MR) is 69.4 cm³/mol. The fourth-order valence-electron chi connectivity index (χ4n) is 1.80. The molecule has 0 aromatic heterocycles. The molecular weight excluding hydrogens is 218 g/mol. The fourth-order valence-corrected chi connectivity index (χ4v) is 3.09. The first-order valence-corrected chi connectivity index (χ1v) is 6.66. The summed E-state index contributed by atoms with van der Waals surface area (Å²) in [4.78, 5) is 1.34. The zero-order chi connectivity index (χ0) is 11.4. The van der Waals surface area contributed by atoms with E-state index >= 15 is 0 Å². The minimum atomic E-state index is 0.460. The first-order valence-electron chi connectivity index (χ1n) is 5.84. The van der Waals surface area contributed by atoms with Crippen LogP contribution < -0.4 is 10.1 Å². The van der Waals surface area contributed by atoms with Crippen LogP contribution in [0.3, 0.4) is 0 Å². The second-order valence-electron chi connectivity index (χ2n) is 4.22. The number of ether oxygens (including phenoxy) is 1. The van der Waals surface area contributed by atoms with E-state index in [1.165, 1.54) is 17.7 Å². The number of nitrogens with one attached hydrogen (secondary N) is 1. The zero-order valence-corrected chi connectivity index (χ0v) is 10.8. The van der Waals surface area contributed by atoms with Gasteiger partial charge in [-0.25, -0.2) is 0 Å². The van der Waals surface area contributed by atoms with E-state index < -0.39 is 0 Å². The molecule has 1 aromatic rings. The van der Waals surface area contributed by atoms with Crippen LogP contribution in [0.15, 0.2) is 29.2 Å². The lowest BCUT2D eigenvalue weighted by Gasteiger charge is -2.14. The summed E-state index contributed by atoms with van der Waals surface area (Å²) in [5, 5.41) is 3.28. The summed E-state index contributed by atoms with van der Waals surface area (Å²) in [5.41, 5.74) is 0. The van der Waals surface area contributed by atoms with Gasteiger partial charge in [0.05, 0.1) is 6.61 Å². The highest BCUT2D eigenvalue weighted by atomic mass is 32.2. The predicted octanol–water partition coefficient (Wildman–Crippen LogP) is 2.93. The van der Waals surface area contributed by atoms with Gasteiger partial charge in [0.25, 0.3) is 0 Å². The molecule has 0 amide bonds. The molecule has 1 aromatic carbocycles. The molecule has 1 aliphatic carbocycles. The van der Waals surface area contributed by atoms with Gasteiger partial charge >= 0.3 is 0 Å². The van der Waals surface area contributed by atoms with E-state index in [9.17, 15) is 0 Å². The van der Waals surface area contributed by atoms with Gasteiger partial charge in [-0.15, -0.1) is 11.8 Å². The molecular formula is C13H19NOS. The Morgan fingerprint density at radius 2 is 2.00 bits per heavy atom. The molecule has 2 rings (SSSR count). The maximum Gasteiger partial charge on any atom is 0.119 e. The van der Waals surface area contributed by atoms with Gasteiger partial charge in [-0.2, -0.15) is 0 Å². The van der Waals surface area contributed by atoms with Crippen LogP contribution in [0.4, 0.5) is 0 Å². The lowest BCUT2D eigenvalue weighted by Crippen LogP contribution is -2.22. The third-order valence-corrected chi connectivity index (χ3v) is 4.27. The van der Waals surface area contributed by atoms with E-state index in [0.29, 0.717) is 4.75 Å². The summed E-state index contributed by atoms with van der Waals surface area (Å²) in [6.45, 7) is 3.84. The average Bonchev–Trinajstić information content (AvgIpc) is 3.02. The highest BCUT2D eigenvalue weighted by Gasteiger charge is 2.42. The number of rotatable bonds is 6. The molecule has 0 unspecified atom stereocenters. The molecule has 0 aliphatic heterocycles. The minimum absolute atomic E-state index is 0.460. The summed E-state index contributed by atoms with van der Waals surface area (Å²) in [5.74, 6) is 0.963. The Balaban J connectivity index is 1.95. The molecule has 0 radical (unpaired) electrons. The van der Waals surface area contributed by atoms with E-state index in [2.05, 4.69) is 29.6 Å². The van der Waals surface area contributed by atoms with Crippen LogP contribution in [0.1, 0.15) is 19.8 Å². The van der Waals surface area contributed by atoms with Crippen molar-refractivity contribution in [2.75, 3.05) is 20.2 Å². The fraction of sp³-hybridized carbons (Fsp3) is 0.538. The van der Waals surface area contributed by atoms with E-state index in [1.54, 1.807) is 0 Å². The first kappa shape index (κ1) is 11.8. The van der Waals surface area contributed by atoms with Gasteiger partial charge in [-0.05, 0) is 51.1 Å². The SMILES string of the molecule is CCOc1ccc(SC2(CNC)CC2)cc1. The van der Waals surface area contributed by atoms with Crippen molar-refractivity contribution in [3.05, 3.63) is 24.3 Å². The summed E-state index contributed by atoms with van der Waals surface area (Å²) in [6.07, 6.45) is 2.65. The van der Waals surface area contributed by atoms with Gasteiger partial charge in [0.2, 0.25) is 0 Å². The van der Waals surface area contributed by atoms with Crippen molar-refractivity contribution in [3.8, 4) is 5.75 Å². The van der Waals surface area contributed by atoms with Gasteiger partial charge in [-0.3, -0.25) is 0 Å². The van der Waals surface area contributed by atoms with E-state index in [4.69, 9.17) is 4.74 Å². The van der Waals surface area contributed by atoms with E-state index in [-0.39, 0.29) is 0 Å². The lowest BCUT2D eigenvalue weighted by molar-refractivity contribution is 0.340. The van der Waals surface area contributed by atoms with Crippen LogP contribution in [-0.4, -0.2) is 24.9 Å². The van der Waals surface area contributed by atoms with Gasteiger partial charge in [0.15, 0.2) is 0 Å². The van der Waals surface area contributed by atoms with Crippen molar-refractivity contribution in [2.24, 2.45) is 0 Å². The molecule has 88 valence electrons. The minimum Gasteiger partial charge on any atom is -0.494 e. The molecule has 1 saturated carbocycles. The highest BCUT2D eigenvalue weighted by molar-refractivity contribution is 8.01. The Labute approximate surface area is 102 Å². The number of thioether (sulfide) groups is 1. The standard InChI is InChI=1S/C13H19NOS/c1-3-15-11-4-6-12(7-5-11)16-13(8-9-13)10-14-2/h4-7,14H,3,8-10H2,1-2H3. The maximum absolute atomic E-state index is 5.43. The molecule has 1 fully saturated rings. The second-order valence-corrected chi connectivity index (χ2v) is 5.76. The third-order valence-electron chi connectivity index (χ3n) is 2.78. The molecule has 2 nitrogen and oxygen atoms in total. The average molecular weight is 237 g/mol. The third kappa shape index (κ3) is 2.92. The Morgan fingerprint density at radius 1 is 1.31 bits per heavy atom. The van der Waals surface area contributed by atoms with Gasteiger partial charge in [0, 0.05) is 16.2 Å². The molecule has 0 saturated heterocycles. The van der Waals surface area contributed by atoms with Gasteiger partial charge in [-0.1, -0.05) is 0 Å². The molecule has 0 atom stereocenters. The van der Waals surface area contributed by atoms with Gasteiger partial charge < -0.3 is 10.1 Å². The topological polar surface area (TPSA) is 21.3 Å². The molecule has 1 N–H and O–H groups in total. The number of hydrogen-bond acceptors (Lipinski definition) is 3. The number of hydrogen-bond donors (Lipinski definition) is 1. The quantitative estimate of drug-likeness (QED) is 0.822. The van der Waals surface area contributed by atoms with Crippen molar-refractivity contribution in [1.29, 1.82) is 0 Å². The summed E-state index contributed by atoms with van der Waals surface area (Å²) in [7, 11) is 2.03. The Morgan fingerprint density at radius 3 is 2.50 bits per heavy atom. The Kier molecular flexibility index (Phi) is 3.77. The van der Waals surface area contributed by atoms with Gasteiger partial charge in [0.1, 0.15) is 5.75 Å².